The molecule has 0 radical (unpaired) electrons. The van der Waals surface area contributed by atoms with E-state index in [0.717, 1.165) is 61.7 Å². The second-order valence-electron chi connectivity index (χ2n) is 7.11. The van der Waals surface area contributed by atoms with Crippen molar-refractivity contribution >= 4 is 34.8 Å². The van der Waals surface area contributed by atoms with E-state index >= 15 is 0 Å². The number of nitrogens with zero attached hydrogens (tertiary/aromatic N) is 2. The number of carbonyl (C=O) groups excluding carboxylic acids is 1. The number of halogens is 2. The van der Waals surface area contributed by atoms with Gasteiger partial charge in [0, 0.05) is 44.8 Å². The van der Waals surface area contributed by atoms with E-state index in [0.29, 0.717) is 23.2 Å². The molecule has 0 saturated carbocycles. The number of anilines is 1. The van der Waals surface area contributed by atoms with Crippen LogP contribution in [0.2, 0.25) is 10.0 Å². The number of fused-ring (bicyclic) bond motifs is 1. The van der Waals surface area contributed by atoms with Gasteiger partial charge in [-0.25, -0.2) is 0 Å². The van der Waals surface area contributed by atoms with E-state index in [9.17, 15) is 4.79 Å². The first kappa shape index (κ1) is 19.4. The van der Waals surface area contributed by atoms with Gasteiger partial charge in [-0.1, -0.05) is 35.3 Å². The third-order valence-electron chi connectivity index (χ3n) is 5.30. The van der Waals surface area contributed by atoms with Gasteiger partial charge in [-0.2, -0.15) is 0 Å². The minimum absolute atomic E-state index is 0.0156. The zero-order chi connectivity index (χ0) is 19.5. The standard InChI is InChI=1S/C21H23Cl2N3O2/c22-18-3-1-4-19(20(18)23)26-10-8-25(9-11-26)7-2-12-28-16-6-5-15-14-24-21(27)17(15)13-16/h1,3-6,13H,2,7-12,14H2,(H,24,27). The van der Waals surface area contributed by atoms with E-state index in [-0.39, 0.29) is 5.91 Å². The maximum Gasteiger partial charge on any atom is 0.252 e. The predicted octanol–water partition coefficient (Wildman–Crippen LogP) is 3.83. The molecule has 0 aromatic heterocycles. The zero-order valence-electron chi connectivity index (χ0n) is 15.6. The summed E-state index contributed by atoms with van der Waals surface area (Å²) in [4.78, 5) is 16.5. The summed E-state index contributed by atoms with van der Waals surface area (Å²) in [6.07, 6.45) is 0.946. The van der Waals surface area contributed by atoms with Crippen LogP contribution in [0.15, 0.2) is 36.4 Å². The van der Waals surface area contributed by atoms with E-state index in [2.05, 4.69) is 15.1 Å². The highest BCUT2D eigenvalue weighted by atomic mass is 35.5. The molecule has 7 heteroatoms. The van der Waals surface area contributed by atoms with Gasteiger partial charge in [0.25, 0.3) is 5.91 Å². The molecule has 0 spiro atoms. The van der Waals surface area contributed by atoms with Gasteiger partial charge in [0.15, 0.2) is 0 Å². The average Bonchev–Trinajstić information content (AvgIpc) is 3.08. The van der Waals surface area contributed by atoms with Gasteiger partial charge in [0.2, 0.25) is 0 Å². The maximum absolute atomic E-state index is 11.7. The molecule has 148 valence electrons. The second-order valence-corrected chi connectivity index (χ2v) is 7.89. The Morgan fingerprint density at radius 2 is 1.89 bits per heavy atom. The highest BCUT2D eigenvalue weighted by Crippen LogP contribution is 2.32. The van der Waals surface area contributed by atoms with Gasteiger partial charge >= 0.3 is 0 Å². The van der Waals surface area contributed by atoms with Crippen molar-refractivity contribution in [2.75, 3.05) is 44.2 Å². The average molecular weight is 420 g/mol. The molecule has 1 N–H and O–H groups in total. The molecule has 0 atom stereocenters. The van der Waals surface area contributed by atoms with Crippen molar-refractivity contribution in [2.45, 2.75) is 13.0 Å². The quantitative estimate of drug-likeness (QED) is 0.722. The van der Waals surface area contributed by atoms with E-state index < -0.39 is 0 Å². The van der Waals surface area contributed by atoms with Gasteiger partial charge in [0.05, 0.1) is 22.3 Å². The van der Waals surface area contributed by atoms with Crippen LogP contribution in [-0.2, 0) is 6.54 Å². The SMILES string of the molecule is O=C1NCc2ccc(OCCCN3CCN(c4cccc(Cl)c4Cl)CC3)cc21. The van der Waals surface area contributed by atoms with Crippen LogP contribution in [0, 0.1) is 0 Å². The summed E-state index contributed by atoms with van der Waals surface area (Å²) in [5, 5.41) is 4.06. The summed E-state index contributed by atoms with van der Waals surface area (Å²) in [6, 6.07) is 11.5. The van der Waals surface area contributed by atoms with Gasteiger partial charge < -0.3 is 15.0 Å². The summed E-state index contributed by atoms with van der Waals surface area (Å²) in [7, 11) is 0. The lowest BCUT2D eigenvalue weighted by atomic mass is 10.1. The fourth-order valence-electron chi connectivity index (χ4n) is 3.71. The summed E-state index contributed by atoms with van der Waals surface area (Å²) in [6.45, 7) is 6.08. The first-order chi connectivity index (χ1) is 13.6. The molecule has 2 aliphatic heterocycles. The van der Waals surface area contributed by atoms with Crippen LogP contribution in [0.3, 0.4) is 0 Å². The van der Waals surface area contributed by atoms with Crippen LogP contribution in [0.4, 0.5) is 5.69 Å². The number of carbonyl (C=O) groups is 1. The van der Waals surface area contributed by atoms with E-state index in [1.54, 1.807) is 0 Å². The molecule has 1 fully saturated rings. The largest absolute Gasteiger partial charge is 0.494 e. The Morgan fingerprint density at radius 3 is 2.71 bits per heavy atom. The fourth-order valence-corrected chi connectivity index (χ4v) is 4.12. The number of benzene rings is 2. The highest BCUT2D eigenvalue weighted by Gasteiger charge is 2.20. The lowest BCUT2D eigenvalue weighted by molar-refractivity contribution is 0.0965. The molecule has 5 nitrogen and oxygen atoms in total. The molecule has 0 aliphatic carbocycles. The topological polar surface area (TPSA) is 44.8 Å². The summed E-state index contributed by atoms with van der Waals surface area (Å²) >= 11 is 12.5. The first-order valence-electron chi connectivity index (χ1n) is 9.57. The number of rotatable bonds is 6. The third kappa shape index (κ3) is 4.22. The van der Waals surface area contributed by atoms with Crippen molar-refractivity contribution in [2.24, 2.45) is 0 Å². The van der Waals surface area contributed by atoms with Crippen molar-refractivity contribution in [3.8, 4) is 5.75 Å². The minimum atomic E-state index is -0.0156. The molecule has 1 amide bonds. The Hall–Kier alpha value is -1.95. The second kappa shape index (κ2) is 8.60. The lowest BCUT2D eigenvalue weighted by Crippen LogP contribution is -2.46. The Balaban J connectivity index is 1.21. The van der Waals surface area contributed by atoms with Gasteiger partial charge in [0.1, 0.15) is 5.75 Å². The fraction of sp³-hybridized carbons (Fsp3) is 0.381. The molecule has 28 heavy (non-hydrogen) atoms. The Bertz CT molecular complexity index is 867. The summed E-state index contributed by atoms with van der Waals surface area (Å²) in [5.74, 6) is 0.745. The number of nitrogens with one attached hydrogen (secondary N) is 1. The normalized spacial score (nSPS) is 16.8. The Morgan fingerprint density at radius 1 is 1.07 bits per heavy atom. The molecule has 2 aliphatic rings. The lowest BCUT2D eigenvalue weighted by Gasteiger charge is -2.36. The van der Waals surface area contributed by atoms with E-state index in [1.807, 2.05) is 36.4 Å². The van der Waals surface area contributed by atoms with Crippen LogP contribution in [-0.4, -0.2) is 50.1 Å². The first-order valence-corrected chi connectivity index (χ1v) is 10.3. The minimum Gasteiger partial charge on any atom is -0.494 e. The molecule has 2 aromatic rings. The maximum atomic E-state index is 11.7. The molecule has 0 unspecified atom stereocenters. The summed E-state index contributed by atoms with van der Waals surface area (Å²) in [5.41, 5.74) is 2.78. The van der Waals surface area contributed by atoms with Gasteiger partial charge in [-0.15, -0.1) is 0 Å². The van der Waals surface area contributed by atoms with Crippen LogP contribution in [0.25, 0.3) is 0 Å². The van der Waals surface area contributed by atoms with Crippen molar-refractivity contribution in [1.82, 2.24) is 10.2 Å². The van der Waals surface area contributed by atoms with Crippen molar-refractivity contribution in [3.63, 3.8) is 0 Å². The summed E-state index contributed by atoms with van der Waals surface area (Å²) < 4.78 is 5.84. The Labute approximate surface area is 175 Å². The van der Waals surface area contributed by atoms with E-state index in [1.165, 1.54) is 0 Å². The van der Waals surface area contributed by atoms with Gasteiger partial charge in [-0.3, -0.25) is 9.69 Å². The number of piperazine rings is 1. The molecular weight excluding hydrogens is 397 g/mol. The Kier molecular flexibility index (Phi) is 5.95. The number of amides is 1. The molecule has 1 saturated heterocycles. The highest BCUT2D eigenvalue weighted by molar-refractivity contribution is 6.43. The van der Waals surface area contributed by atoms with Crippen molar-refractivity contribution < 1.29 is 9.53 Å². The predicted molar refractivity (Wildman–Crippen MR) is 113 cm³/mol. The number of ether oxygens (including phenoxy) is 1. The third-order valence-corrected chi connectivity index (χ3v) is 6.11. The van der Waals surface area contributed by atoms with Crippen molar-refractivity contribution in [1.29, 1.82) is 0 Å². The van der Waals surface area contributed by atoms with Crippen molar-refractivity contribution in [3.05, 3.63) is 57.6 Å². The van der Waals surface area contributed by atoms with E-state index in [4.69, 9.17) is 27.9 Å². The molecular formula is C21H23Cl2N3O2. The monoisotopic (exact) mass is 419 g/mol. The van der Waals surface area contributed by atoms with Crippen LogP contribution in [0.5, 0.6) is 5.75 Å². The smallest absolute Gasteiger partial charge is 0.252 e. The van der Waals surface area contributed by atoms with Crippen LogP contribution >= 0.6 is 23.2 Å². The van der Waals surface area contributed by atoms with Gasteiger partial charge in [-0.05, 0) is 36.2 Å². The molecule has 0 bridgehead atoms. The number of hydrogen-bond donors (Lipinski definition) is 1. The van der Waals surface area contributed by atoms with Crippen LogP contribution in [0.1, 0.15) is 22.3 Å². The molecule has 2 heterocycles. The molecule has 4 rings (SSSR count). The zero-order valence-corrected chi connectivity index (χ0v) is 17.1. The number of hydrogen-bond acceptors (Lipinski definition) is 4. The molecule has 2 aromatic carbocycles. The van der Waals surface area contributed by atoms with Crippen LogP contribution < -0.4 is 15.0 Å².